The monoisotopic (exact) mass is 184 g/mol. The molecule has 0 aromatic carbocycles. The van der Waals surface area contributed by atoms with Gasteiger partial charge < -0.3 is 4.74 Å². The highest BCUT2D eigenvalue weighted by Gasteiger charge is 2.11. The quantitative estimate of drug-likeness (QED) is 0.552. The molecule has 78 valence electrons. The first-order valence-corrected chi connectivity index (χ1v) is 5.75. The standard InChI is InChI=1S/C11H25BO/c1-5-7-10(6-2)13-11(12)8-9(3)4/h9-11H,5-8,12H2,1-4H3. The van der Waals surface area contributed by atoms with Crippen molar-refractivity contribution in [1.29, 1.82) is 0 Å². The van der Waals surface area contributed by atoms with Gasteiger partial charge >= 0.3 is 0 Å². The van der Waals surface area contributed by atoms with Crippen molar-refractivity contribution in [3.8, 4) is 0 Å². The molecule has 0 amide bonds. The van der Waals surface area contributed by atoms with Crippen molar-refractivity contribution in [2.75, 3.05) is 0 Å². The third kappa shape index (κ3) is 7.12. The Hall–Kier alpha value is 0.0249. The van der Waals surface area contributed by atoms with Crippen molar-refractivity contribution in [1.82, 2.24) is 0 Å². The van der Waals surface area contributed by atoms with E-state index in [1.165, 1.54) is 19.3 Å². The molecule has 0 spiro atoms. The molecule has 0 aromatic rings. The van der Waals surface area contributed by atoms with Crippen LogP contribution in [0.15, 0.2) is 0 Å². The van der Waals surface area contributed by atoms with Crippen molar-refractivity contribution < 1.29 is 4.74 Å². The lowest BCUT2D eigenvalue weighted by Gasteiger charge is -2.22. The van der Waals surface area contributed by atoms with Crippen LogP contribution in [-0.2, 0) is 4.74 Å². The molecule has 0 rings (SSSR count). The van der Waals surface area contributed by atoms with Crippen molar-refractivity contribution in [2.45, 2.75) is 65.5 Å². The number of rotatable bonds is 7. The second-order valence-corrected chi connectivity index (χ2v) is 4.40. The van der Waals surface area contributed by atoms with Gasteiger partial charge in [-0.05, 0) is 25.2 Å². The largest absolute Gasteiger partial charge is 0.384 e. The van der Waals surface area contributed by atoms with Crippen molar-refractivity contribution >= 4 is 7.85 Å². The fourth-order valence-corrected chi connectivity index (χ4v) is 1.74. The van der Waals surface area contributed by atoms with Crippen LogP contribution in [0.1, 0.15) is 53.4 Å². The van der Waals surface area contributed by atoms with Crippen molar-refractivity contribution in [3.05, 3.63) is 0 Å². The Labute approximate surface area is 84.7 Å². The first-order chi connectivity index (χ1) is 6.10. The van der Waals surface area contributed by atoms with Crippen LogP contribution < -0.4 is 0 Å². The molecule has 2 atom stereocenters. The normalized spacial score (nSPS) is 16.1. The Morgan fingerprint density at radius 1 is 1.23 bits per heavy atom. The summed E-state index contributed by atoms with van der Waals surface area (Å²) in [7, 11) is 2.19. The molecule has 0 fully saturated rings. The molecular weight excluding hydrogens is 159 g/mol. The van der Waals surface area contributed by atoms with E-state index >= 15 is 0 Å². The maximum absolute atomic E-state index is 5.95. The van der Waals surface area contributed by atoms with E-state index in [1.54, 1.807) is 0 Å². The van der Waals surface area contributed by atoms with Gasteiger partial charge in [0, 0.05) is 6.00 Å². The minimum absolute atomic E-state index is 0.427. The van der Waals surface area contributed by atoms with E-state index in [0.717, 1.165) is 12.3 Å². The first-order valence-electron chi connectivity index (χ1n) is 5.75. The van der Waals surface area contributed by atoms with Crippen LogP contribution in [0.2, 0.25) is 0 Å². The molecule has 13 heavy (non-hydrogen) atoms. The molecule has 0 N–H and O–H groups in total. The lowest BCUT2D eigenvalue weighted by atomic mass is 9.90. The second-order valence-electron chi connectivity index (χ2n) is 4.40. The highest BCUT2D eigenvalue weighted by molar-refractivity contribution is 6.11. The molecular formula is C11H25BO. The van der Waals surface area contributed by atoms with Gasteiger partial charge in [-0.1, -0.05) is 34.1 Å². The Kier molecular flexibility index (Phi) is 7.45. The molecule has 1 nitrogen and oxygen atoms in total. The summed E-state index contributed by atoms with van der Waals surface area (Å²) in [6.07, 6.45) is 5.25. The molecule has 0 aliphatic carbocycles. The summed E-state index contributed by atoms with van der Waals surface area (Å²) in [5.41, 5.74) is 0. The molecule has 0 aromatic heterocycles. The van der Waals surface area contributed by atoms with Gasteiger partial charge in [0.15, 0.2) is 0 Å². The van der Waals surface area contributed by atoms with Gasteiger partial charge in [-0.25, -0.2) is 0 Å². The van der Waals surface area contributed by atoms with Gasteiger partial charge in [0.05, 0.1) is 6.10 Å². The molecule has 0 saturated carbocycles. The van der Waals surface area contributed by atoms with E-state index in [4.69, 9.17) is 4.74 Å². The molecule has 2 unspecified atom stereocenters. The fourth-order valence-electron chi connectivity index (χ4n) is 1.74. The van der Waals surface area contributed by atoms with E-state index in [1.807, 2.05) is 0 Å². The minimum Gasteiger partial charge on any atom is -0.384 e. The van der Waals surface area contributed by atoms with Gasteiger partial charge in [0.25, 0.3) is 0 Å². The highest BCUT2D eigenvalue weighted by atomic mass is 16.5. The summed E-state index contributed by atoms with van der Waals surface area (Å²) in [5.74, 6) is 0.745. The Morgan fingerprint density at radius 2 is 1.85 bits per heavy atom. The van der Waals surface area contributed by atoms with Gasteiger partial charge in [-0.15, -0.1) is 0 Å². The van der Waals surface area contributed by atoms with Crippen molar-refractivity contribution in [3.63, 3.8) is 0 Å². The zero-order chi connectivity index (χ0) is 10.3. The van der Waals surface area contributed by atoms with Crippen LogP contribution in [0.5, 0.6) is 0 Å². The van der Waals surface area contributed by atoms with E-state index in [-0.39, 0.29) is 0 Å². The van der Waals surface area contributed by atoms with Crippen molar-refractivity contribution in [2.24, 2.45) is 5.92 Å². The smallest absolute Gasteiger partial charge is 0.139 e. The Bertz CT molecular complexity index is 115. The summed E-state index contributed by atoms with van der Waals surface area (Å²) < 4.78 is 5.95. The number of ether oxygens (including phenoxy) is 1. The topological polar surface area (TPSA) is 9.23 Å². The zero-order valence-corrected chi connectivity index (χ0v) is 9.97. The van der Waals surface area contributed by atoms with E-state index in [0.29, 0.717) is 12.1 Å². The van der Waals surface area contributed by atoms with Crippen LogP contribution in [0, 0.1) is 5.92 Å². The number of hydrogen-bond acceptors (Lipinski definition) is 1. The summed E-state index contributed by atoms with van der Waals surface area (Å²) in [6, 6.07) is 0.427. The molecule has 2 heteroatoms. The Morgan fingerprint density at radius 3 is 2.23 bits per heavy atom. The second kappa shape index (κ2) is 7.43. The van der Waals surface area contributed by atoms with E-state index in [9.17, 15) is 0 Å². The molecule has 0 heterocycles. The summed E-state index contributed by atoms with van der Waals surface area (Å²) in [6.45, 7) is 8.93. The highest BCUT2D eigenvalue weighted by Crippen LogP contribution is 2.12. The van der Waals surface area contributed by atoms with E-state index in [2.05, 4.69) is 35.5 Å². The fraction of sp³-hybridized carbons (Fsp3) is 1.00. The number of hydrogen-bond donors (Lipinski definition) is 0. The van der Waals surface area contributed by atoms with Crippen LogP contribution in [0.4, 0.5) is 0 Å². The summed E-state index contributed by atoms with van der Waals surface area (Å²) >= 11 is 0. The maximum Gasteiger partial charge on any atom is 0.139 e. The maximum atomic E-state index is 5.95. The van der Waals surface area contributed by atoms with Crippen LogP contribution in [0.3, 0.4) is 0 Å². The van der Waals surface area contributed by atoms with E-state index < -0.39 is 0 Å². The molecule has 0 aliphatic rings. The zero-order valence-electron chi connectivity index (χ0n) is 9.97. The first kappa shape index (κ1) is 13.0. The molecule has 0 radical (unpaired) electrons. The lowest BCUT2D eigenvalue weighted by molar-refractivity contribution is 0.0142. The van der Waals surface area contributed by atoms with Gasteiger partial charge in [-0.2, -0.15) is 0 Å². The van der Waals surface area contributed by atoms with Gasteiger partial charge in [0.1, 0.15) is 7.85 Å². The predicted octanol–water partition coefficient (Wildman–Crippen LogP) is 2.59. The Balaban J connectivity index is 3.65. The third-order valence-corrected chi connectivity index (χ3v) is 2.29. The SMILES string of the molecule is BC(CC(C)C)OC(CC)CCC. The van der Waals surface area contributed by atoms with Gasteiger partial charge in [-0.3, -0.25) is 0 Å². The molecule has 0 saturated heterocycles. The summed E-state index contributed by atoms with van der Waals surface area (Å²) in [4.78, 5) is 0. The average Bonchev–Trinajstić information content (AvgIpc) is 2.02. The van der Waals surface area contributed by atoms with Gasteiger partial charge in [0.2, 0.25) is 0 Å². The summed E-state index contributed by atoms with van der Waals surface area (Å²) in [5, 5.41) is 0. The third-order valence-electron chi connectivity index (χ3n) is 2.29. The predicted molar refractivity (Wildman–Crippen MR) is 61.9 cm³/mol. The molecule has 0 aliphatic heterocycles. The molecule has 0 bridgehead atoms. The lowest BCUT2D eigenvalue weighted by Crippen LogP contribution is -2.23. The van der Waals surface area contributed by atoms with Crippen LogP contribution >= 0.6 is 0 Å². The van der Waals surface area contributed by atoms with Crippen LogP contribution in [-0.4, -0.2) is 20.0 Å². The average molecular weight is 184 g/mol. The minimum atomic E-state index is 0.427. The van der Waals surface area contributed by atoms with Crippen LogP contribution in [0.25, 0.3) is 0 Å².